The third-order valence-corrected chi connectivity index (χ3v) is 3.57. The van der Waals surface area contributed by atoms with E-state index in [9.17, 15) is 14.9 Å². The van der Waals surface area contributed by atoms with Gasteiger partial charge in [-0.1, -0.05) is 35.9 Å². The van der Waals surface area contributed by atoms with Crippen molar-refractivity contribution < 1.29 is 19.4 Å². The largest absolute Gasteiger partial charge is 0.481 e. The van der Waals surface area contributed by atoms with Gasteiger partial charge in [0.05, 0.1) is 0 Å². The van der Waals surface area contributed by atoms with Crippen LogP contribution in [0.3, 0.4) is 0 Å². The van der Waals surface area contributed by atoms with E-state index >= 15 is 0 Å². The Morgan fingerprint density at radius 2 is 1.96 bits per heavy atom. The predicted molar refractivity (Wildman–Crippen MR) is 97.7 cm³/mol. The Morgan fingerprint density at radius 1 is 1.23 bits per heavy atom. The number of aliphatic carboxylic acids is 1. The number of amides is 1. The Bertz CT molecular complexity index is 910. The maximum Gasteiger partial charge on any atom is 0.341 e. The highest BCUT2D eigenvalue weighted by Gasteiger charge is 2.13. The Morgan fingerprint density at radius 3 is 2.62 bits per heavy atom. The molecule has 0 fully saturated rings. The molecule has 0 radical (unpaired) electrons. The van der Waals surface area contributed by atoms with E-state index < -0.39 is 18.5 Å². The van der Waals surface area contributed by atoms with Crippen LogP contribution in [-0.2, 0) is 9.59 Å². The number of para-hydroxylation sites is 1. The summed E-state index contributed by atoms with van der Waals surface area (Å²) in [6.45, 7) is 3.31. The molecule has 2 rings (SSSR count). The number of nitriles is 1. The highest BCUT2D eigenvalue weighted by molar-refractivity contribution is 6.10. The fraction of sp³-hybridized carbons (Fsp3) is 0.150. The average Bonchev–Trinajstić information content (AvgIpc) is 2.60. The molecule has 2 aromatic carbocycles. The highest BCUT2D eigenvalue weighted by atomic mass is 16.5. The minimum absolute atomic E-state index is 0.114. The first kappa shape index (κ1) is 18.7. The molecule has 2 N–H and O–H groups in total. The van der Waals surface area contributed by atoms with Gasteiger partial charge in [-0.3, -0.25) is 4.79 Å². The topological polar surface area (TPSA) is 99.4 Å². The number of anilines is 1. The zero-order chi connectivity index (χ0) is 19.1. The van der Waals surface area contributed by atoms with Gasteiger partial charge in [-0.25, -0.2) is 4.79 Å². The van der Waals surface area contributed by atoms with Gasteiger partial charge in [-0.05, 0) is 37.6 Å². The standard InChI is InChI=1S/C20H18N2O4/c1-13-7-8-17(14(2)9-13)22-20(25)16(11-21)10-15-5-3-4-6-18(15)26-12-19(23)24/h3-10H,12H2,1-2H3,(H,22,25)(H,23,24)/b16-10-. The molecule has 0 spiro atoms. The van der Waals surface area contributed by atoms with Gasteiger partial charge in [0.15, 0.2) is 6.61 Å². The molecule has 1 amide bonds. The minimum Gasteiger partial charge on any atom is -0.481 e. The quantitative estimate of drug-likeness (QED) is 0.615. The van der Waals surface area contributed by atoms with Crippen molar-refractivity contribution >= 4 is 23.6 Å². The van der Waals surface area contributed by atoms with Crippen molar-refractivity contribution in [2.45, 2.75) is 13.8 Å². The molecule has 0 atom stereocenters. The zero-order valence-corrected chi connectivity index (χ0v) is 14.4. The van der Waals surface area contributed by atoms with Gasteiger partial charge in [-0.15, -0.1) is 0 Å². The van der Waals surface area contributed by atoms with Gasteiger partial charge < -0.3 is 15.2 Å². The molecule has 0 aliphatic heterocycles. The number of carbonyl (C=O) groups is 2. The van der Waals surface area contributed by atoms with Crippen LogP contribution in [0.25, 0.3) is 6.08 Å². The molecular weight excluding hydrogens is 332 g/mol. The van der Waals surface area contributed by atoms with E-state index in [1.807, 2.05) is 32.0 Å². The molecule has 6 nitrogen and oxygen atoms in total. The Hall–Kier alpha value is -3.59. The highest BCUT2D eigenvalue weighted by Crippen LogP contribution is 2.22. The number of carboxylic acids is 1. The average molecular weight is 350 g/mol. The van der Waals surface area contributed by atoms with Gasteiger partial charge in [0.1, 0.15) is 17.4 Å². The second-order valence-corrected chi connectivity index (χ2v) is 5.66. The SMILES string of the molecule is Cc1ccc(NC(=O)/C(C#N)=C\c2ccccc2OCC(=O)O)c(C)c1. The number of nitrogens with one attached hydrogen (secondary N) is 1. The van der Waals surface area contributed by atoms with E-state index in [1.165, 1.54) is 6.08 Å². The molecule has 6 heteroatoms. The van der Waals surface area contributed by atoms with Crippen LogP contribution in [0.1, 0.15) is 16.7 Å². The van der Waals surface area contributed by atoms with Crippen LogP contribution in [0.15, 0.2) is 48.0 Å². The second-order valence-electron chi connectivity index (χ2n) is 5.66. The molecule has 2 aromatic rings. The van der Waals surface area contributed by atoms with Gasteiger partial charge in [0.2, 0.25) is 0 Å². The summed E-state index contributed by atoms with van der Waals surface area (Å²) in [5.41, 5.74) is 2.91. The van der Waals surface area contributed by atoms with Crippen LogP contribution in [0.5, 0.6) is 5.75 Å². The summed E-state index contributed by atoms with van der Waals surface area (Å²) in [4.78, 5) is 23.1. The number of benzene rings is 2. The molecule has 0 saturated heterocycles. The number of ether oxygens (including phenoxy) is 1. The first-order valence-corrected chi connectivity index (χ1v) is 7.84. The van der Waals surface area contributed by atoms with E-state index in [0.717, 1.165) is 11.1 Å². The molecule has 0 unspecified atom stereocenters. The fourth-order valence-electron chi connectivity index (χ4n) is 2.32. The molecule has 132 valence electrons. The minimum atomic E-state index is -1.11. The summed E-state index contributed by atoms with van der Waals surface area (Å²) in [6, 6.07) is 14.0. The lowest BCUT2D eigenvalue weighted by molar-refractivity contribution is -0.139. The zero-order valence-electron chi connectivity index (χ0n) is 14.4. The number of hydrogen-bond acceptors (Lipinski definition) is 4. The van der Waals surface area contributed by atoms with Crippen LogP contribution >= 0.6 is 0 Å². The summed E-state index contributed by atoms with van der Waals surface area (Å²) in [5, 5.41) is 20.8. The molecule has 26 heavy (non-hydrogen) atoms. The summed E-state index contributed by atoms with van der Waals surface area (Å²) in [5.74, 6) is -1.38. The summed E-state index contributed by atoms with van der Waals surface area (Å²) < 4.78 is 5.19. The van der Waals surface area contributed by atoms with E-state index in [-0.39, 0.29) is 11.3 Å². The number of nitrogens with zero attached hydrogens (tertiary/aromatic N) is 1. The van der Waals surface area contributed by atoms with Crippen LogP contribution in [0, 0.1) is 25.2 Å². The molecule has 0 aliphatic carbocycles. The third-order valence-electron chi connectivity index (χ3n) is 3.57. The second kappa shape index (κ2) is 8.49. The van der Waals surface area contributed by atoms with E-state index in [1.54, 1.807) is 30.3 Å². The monoisotopic (exact) mass is 350 g/mol. The smallest absolute Gasteiger partial charge is 0.341 e. The summed E-state index contributed by atoms with van der Waals surface area (Å²) >= 11 is 0. The lowest BCUT2D eigenvalue weighted by Crippen LogP contribution is -2.14. The lowest BCUT2D eigenvalue weighted by Gasteiger charge is -2.10. The molecule has 0 aliphatic rings. The van der Waals surface area contributed by atoms with Gasteiger partial charge in [-0.2, -0.15) is 5.26 Å². The van der Waals surface area contributed by atoms with Crippen molar-refractivity contribution in [2.24, 2.45) is 0 Å². The number of aryl methyl sites for hydroxylation is 2. The lowest BCUT2D eigenvalue weighted by atomic mass is 10.1. The van der Waals surface area contributed by atoms with Gasteiger partial charge >= 0.3 is 5.97 Å². The first-order chi connectivity index (χ1) is 12.4. The van der Waals surface area contributed by atoms with Crippen molar-refractivity contribution in [3.8, 4) is 11.8 Å². The number of hydrogen-bond donors (Lipinski definition) is 2. The predicted octanol–water partition coefficient (Wildman–Crippen LogP) is 3.31. The van der Waals surface area contributed by atoms with Crippen molar-refractivity contribution in [1.82, 2.24) is 0 Å². The molecule has 0 heterocycles. The number of rotatable bonds is 6. The normalized spacial score (nSPS) is 10.7. The number of carbonyl (C=O) groups excluding carboxylic acids is 1. The molecule has 0 bridgehead atoms. The molecular formula is C20H18N2O4. The van der Waals surface area contributed by atoms with Gasteiger partial charge in [0.25, 0.3) is 5.91 Å². The van der Waals surface area contributed by atoms with Crippen LogP contribution < -0.4 is 10.1 Å². The van der Waals surface area contributed by atoms with Crippen molar-refractivity contribution in [3.63, 3.8) is 0 Å². The molecule has 0 saturated carbocycles. The van der Waals surface area contributed by atoms with Crippen LogP contribution in [-0.4, -0.2) is 23.6 Å². The van der Waals surface area contributed by atoms with Gasteiger partial charge in [0, 0.05) is 11.3 Å². The Kier molecular flexibility index (Phi) is 6.12. The van der Waals surface area contributed by atoms with Crippen LogP contribution in [0.4, 0.5) is 5.69 Å². The number of carboxylic acid groups (broad SMARTS) is 1. The van der Waals surface area contributed by atoms with E-state index in [2.05, 4.69) is 5.32 Å². The van der Waals surface area contributed by atoms with Crippen molar-refractivity contribution in [2.75, 3.05) is 11.9 Å². The Labute approximate surface area is 151 Å². The van der Waals surface area contributed by atoms with E-state index in [0.29, 0.717) is 11.3 Å². The maximum atomic E-state index is 12.4. The third kappa shape index (κ3) is 4.95. The van der Waals surface area contributed by atoms with Crippen molar-refractivity contribution in [1.29, 1.82) is 5.26 Å². The van der Waals surface area contributed by atoms with E-state index in [4.69, 9.17) is 9.84 Å². The van der Waals surface area contributed by atoms with Crippen LogP contribution in [0.2, 0.25) is 0 Å². The summed E-state index contributed by atoms with van der Waals surface area (Å²) in [7, 11) is 0. The Balaban J connectivity index is 2.26. The fourth-order valence-corrected chi connectivity index (χ4v) is 2.32. The summed E-state index contributed by atoms with van der Waals surface area (Å²) in [6.07, 6.45) is 1.37. The molecule has 0 aromatic heterocycles. The van der Waals surface area contributed by atoms with Crippen molar-refractivity contribution in [3.05, 3.63) is 64.7 Å². The first-order valence-electron chi connectivity index (χ1n) is 7.84. The maximum absolute atomic E-state index is 12.4.